The molecule has 0 aliphatic carbocycles. The number of fused-ring (bicyclic) bond motifs is 1. The number of hydrogen-bond donors (Lipinski definition) is 1. The van der Waals surface area contributed by atoms with Crippen molar-refractivity contribution < 1.29 is 4.74 Å². The highest BCUT2D eigenvalue weighted by Gasteiger charge is 2.20. The van der Waals surface area contributed by atoms with Crippen LogP contribution in [0.5, 0.6) is 5.75 Å². The smallest absolute Gasteiger partial charge is 0.281 e. The molecule has 8 nitrogen and oxygen atoms in total. The molecular formula is C27H24ClN5O3. The number of H-pyrrole nitrogens is 1. The Kier molecular flexibility index (Phi) is 6.35. The Morgan fingerprint density at radius 2 is 1.89 bits per heavy atom. The van der Waals surface area contributed by atoms with E-state index in [2.05, 4.69) is 10.1 Å². The number of pyridine rings is 2. The maximum Gasteiger partial charge on any atom is 0.281 e. The predicted octanol–water partition coefficient (Wildman–Crippen LogP) is 4.22. The Hall–Kier alpha value is -4.30. The molecule has 5 aromatic rings. The monoisotopic (exact) mass is 501 g/mol. The van der Waals surface area contributed by atoms with Crippen molar-refractivity contribution in [2.45, 2.75) is 13.1 Å². The molecule has 0 aliphatic heterocycles. The van der Waals surface area contributed by atoms with Gasteiger partial charge in [0.05, 0.1) is 47.5 Å². The first-order valence-corrected chi connectivity index (χ1v) is 11.7. The van der Waals surface area contributed by atoms with Crippen LogP contribution in [0.15, 0.2) is 88.7 Å². The van der Waals surface area contributed by atoms with Crippen LogP contribution < -0.4 is 20.8 Å². The molecule has 5 rings (SSSR count). The lowest BCUT2D eigenvalue weighted by molar-refractivity contribution is 0.415. The molecule has 0 radical (unpaired) electrons. The van der Waals surface area contributed by atoms with E-state index < -0.39 is 0 Å². The van der Waals surface area contributed by atoms with Crippen LogP contribution in [0.2, 0.25) is 5.02 Å². The molecule has 0 saturated carbocycles. The Balaban J connectivity index is 1.71. The zero-order valence-electron chi connectivity index (χ0n) is 19.8. The van der Waals surface area contributed by atoms with Gasteiger partial charge in [0.1, 0.15) is 5.75 Å². The van der Waals surface area contributed by atoms with Crippen molar-refractivity contribution in [3.8, 4) is 11.4 Å². The Bertz CT molecular complexity index is 1660. The molecule has 0 saturated heterocycles. The van der Waals surface area contributed by atoms with Crippen LogP contribution in [-0.2, 0) is 13.1 Å². The third-order valence-electron chi connectivity index (χ3n) is 6.10. The summed E-state index contributed by atoms with van der Waals surface area (Å²) >= 11 is 6.39. The van der Waals surface area contributed by atoms with E-state index in [-0.39, 0.29) is 17.7 Å². The fourth-order valence-corrected chi connectivity index (χ4v) is 4.51. The first-order valence-electron chi connectivity index (χ1n) is 11.3. The molecule has 0 amide bonds. The zero-order valence-corrected chi connectivity index (χ0v) is 20.6. The molecule has 2 aromatic carbocycles. The average molecular weight is 502 g/mol. The normalized spacial score (nSPS) is 11.1. The molecule has 0 spiro atoms. The maximum absolute atomic E-state index is 13.7. The number of aromatic amines is 1. The minimum Gasteiger partial charge on any atom is -0.497 e. The second-order valence-electron chi connectivity index (χ2n) is 8.43. The number of aromatic nitrogens is 4. The van der Waals surface area contributed by atoms with Crippen molar-refractivity contribution >= 4 is 28.2 Å². The van der Waals surface area contributed by atoms with E-state index in [9.17, 15) is 9.59 Å². The Morgan fingerprint density at radius 3 is 2.64 bits per heavy atom. The summed E-state index contributed by atoms with van der Waals surface area (Å²) in [5.41, 5.74) is 2.76. The average Bonchev–Trinajstić information content (AvgIpc) is 3.22. The van der Waals surface area contributed by atoms with E-state index in [1.165, 1.54) is 10.7 Å². The number of nitrogens with zero attached hydrogens (tertiary/aromatic N) is 4. The van der Waals surface area contributed by atoms with Crippen LogP contribution in [0.3, 0.4) is 0 Å². The molecule has 1 N–H and O–H groups in total. The summed E-state index contributed by atoms with van der Waals surface area (Å²) in [7, 11) is 3.52. The lowest BCUT2D eigenvalue weighted by Crippen LogP contribution is -2.29. The van der Waals surface area contributed by atoms with E-state index >= 15 is 0 Å². The van der Waals surface area contributed by atoms with Crippen molar-refractivity contribution in [2.75, 3.05) is 19.1 Å². The van der Waals surface area contributed by atoms with Gasteiger partial charge in [-0.15, -0.1) is 0 Å². The SMILES string of the molecule is COc1cccc(N(C)Cc2c3c(=O)n(-c4ccccc4Cl)[nH]c3cc(=O)n2Cc2cccnc2)c1. The van der Waals surface area contributed by atoms with Crippen LogP contribution in [0.4, 0.5) is 5.69 Å². The van der Waals surface area contributed by atoms with Crippen molar-refractivity contribution in [3.63, 3.8) is 0 Å². The largest absolute Gasteiger partial charge is 0.497 e. The number of ether oxygens (including phenoxy) is 1. The fraction of sp³-hybridized carbons (Fsp3) is 0.148. The Labute approximate surface area is 212 Å². The van der Waals surface area contributed by atoms with E-state index in [4.69, 9.17) is 16.3 Å². The number of halogens is 1. The first kappa shape index (κ1) is 23.4. The highest BCUT2D eigenvalue weighted by atomic mass is 35.5. The van der Waals surface area contributed by atoms with Crippen LogP contribution >= 0.6 is 11.6 Å². The second-order valence-corrected chi connectivity index (χ2v) is 8.83. The van der Waals surface area contributed by atoms with Crippen LogP contribution in [0.1, 0.15) is 11.3 Å². The van der Waals surface area contributed by atoms with Gasteiger partial charge in [-0.3, -0.25) is 19.7 Å². The molecule has 0 fully saturated rings. The van der Waals surface area contributed by atoms with E-state index in [0.717, 1.165) is 11.3 Å². The fourth-order valence-electron chi connectivity index (χ4n) is 4.29. The highest BCUT2D eigenvalue weighted by Crippen LogP contribution is 2.24. The van der Waals surface area contributed by atoms with Gasteiger partial charge in [-0.05, 0) is 35.9 Å². The number of para-hydroxylation sites is 1. The molecule has 9 heteroatoms. The van der Waals surface area contributed by atoms with Gasteiger partial charge in [0.15, 0.2) is 0 Å². The van der Waals surface area contributed by atoms with Gasteiger partial charge in [-0.25, -0.2) is 4.68 Å². The van der Waals surface area contributed by atoms with Crippen LogP contribution in [0, 0.1) is 0 Å². The molecular weight excluding hydrogens is 478 g/mol. The summed E-state index contributed by atoms with van der Waals surface area (Å²) in [5.74, 6) is 0.716. The van der Waals surface area contributed by atoms with Crippen LogP contribution in [0.25, 0.3) is 16.6 Å². The third-order valence-corrected chi connectivity index (χ3v) is 6.42. The standard InChI is InChI=1S/C27H24ClN5O3/c1-31(19-8-5-9-20(13-19)36-2)17-24-26-22(14-25(34)32(24)16-18-7-6-12-29-15-18)30-33(27(26)35)23-11-4-3-10-21(23)28/h3-15,30H,16-17H2,1-2H3. The number of anilines is 1. The van der Waals surface area contributed by atoms with Crippen molar-refractivity contribution in [2.24, 2.45) is 0 Å². The molecule has 0 atom stereocenters. The number of nitrogens with one attached hydrogen (secondary N) is 1. The van der Waals surface area contributed by atoms with E-state index in [0.29, 0.717) is 39.6 Å². The topological polar surface area (TPSA) is 85.1 Å². The Morgan fingerprint density at radius 1 is 1.06 bits per heavy atom. The summed E-state index contributed by atoms with van der Waals surface area (Å²) in [6, 6.07) is 19.9. The van der Waals surface area contributed by atoms with Gasteiger partial charge in [0.2, 0.25) is 0 Å². The number of hydrogen-bond acceptors (Lipinski definition) is 5. The van der Waals surface area contributed by atoms with E-state index in [1.807, 2.05) is 48.3 Å². The minimum absolute atomic E-state index is 0.229. The molecule has 0 aliphatic rings. The van der Waals surface area contributed by atoms with Gasteiger partial charge in [-0.1, -0.05) is 35.9 Å². The summed E-state index contributed by atoms with van der Waals surface area (Å²) in [6.45, 7) is 0.580. The van der Waals surface area contributed by atoms with Crippen LogP contribution in [-0.4, -0.2) is 33.5 Å². The third kappa shape index (κ3) is 4.38. The predicted molar refractivity (Wildman–Crippen MR) is 142 cm³/mol. The summed E-state index contributed by atoms with van der Waals surface area (Å²) < 4.78 is 8.38. The van der Waals surface area contributed by atoms with E-state index in [1.54, 1.807) is 48.3 Å². The number of rotatable bonds is 7. The minimum atomic E-state index is -0.285. The molecule has 36 heavy (non-hydrogen) atoms. The summed E-state index contributed by atoms with van der Waals surface area (Å²) in [6.07, 6.45) is 3.40. The van der Waals surface area contributed by atoms with Gasteiger partial charge in [-0.2, -0.15) is 0 Å². The van der Waals surface area contributed by atoms with Crippen molar-refractivity contribution in [3.05, 3.63) is 116 Å². The zero-order chi connectivity index (χ0) is 25.2. The highest BCUT2D eigenvalue weighted by molar-refractivity contribution is 6.32. The lowest BCUT2D eigenvalue weighted by Gasteiger charge is -2.23. The van der Waals surface area contributed by atoms with Crippen molar-refractivity contribution in [1.82, 2.24) is 19.3 Å². The summed E-state index contributed by atoms with van der Waals surface area (Å²) in [4.78, 5) is 33.2. The van der Waals surface area contributed by atoms with Gasteiger partial charge < -0.3 is 14.2 Å². The van der Waals surface area contributed by atoms with Gasteiger partial charge in [0, 0.05) is 37.3 Å². The number of benzene rings is 2. The molecule has 3 aromatic heterocycles. The maximum atomic E-state index is 13.7. The van der Waals surface area contributed by atoms with Gasteiger partial charge >= 0.3 is 0 Å². The second kappa shape index (κ2) is 9.75. The molecule has 0 unspecified atom stereocenters. The first-order chi connectivity index (χ1) is 17.5. The lowest BCUT2D eigenvalue weighted by atomic mass is 10.1. The molecule has 0 bridgehead atoms. The van der Waals surface area contributed by atoms with Crippen molar-refractivity contribution in [1.29, 1.82) is 0 Å². The number of methoxy groups -OCH3 is 1. The summed E-state index contributed by atoms with van der Waals surface area (Å²) in [5, 5.41) is 3.93. The quantitative estimate of drug-likeness (QED) is 0.361. The molecule has 3 heterocycles. The van der Waals surface area contributed by atoms with Gasteiger partial charge in [0.25, 0.3) is 11.1 Å². The molecule has 182 valence electrons.